The Bertz CT molecular complexity index is 412. The van der Waals surface area contributed by atoms with E-state index >= 15 is 0 Å². The van der Waals surface area contributed by atoms with Gasteiger partial charge < -0.3 is 10.0 Å². The third-order valence-electron chi connectivity index (χ3n) is 3.04. The van der Waals surface area contributed by atoms with E-state index in [1.165, 1.54) is 5.56 Å². The number of hydrogen-bond acceptors (Lipinski definition) is 4. The highest BCUT2D eigenvalue weighted by Gasteiger charge is 2.16. The maximum atomic E-state index is 9.33. The maximum absolute atomic E-state index is 9.33. The largest absolute Gasteiger partial charge is 0.392 e. The molecule has 0 bridgehead atoms. The topological polar surface area (TPSA) is 39.1 Å². The molecular weight excluding hydrogens is 226 g/mol. The van der Waals surface area contributed by atoms with E-state index in [-0.39, 0.29) is 6.10 Å². The first-order chi connectivity index (χ1) is 8.56. The molecule has 0 aromatic heterocycles. The molecule has 0 radical (unpaired) electrons. The first-order valence-corrected chi connectivity index (χ1v) is 6.40. The van der Waals surface area contributed by atoms with Crippen molar-refractivity contribution in [2.45, 2.75) is 32.8 Å². The fraction of sp³-hybridized carbons (Fsp3) is 0.500. The second kappa shape index (κ2) is 5.40. The first kappa shape index (κ1) is 12.9. The van der Waals surface area contributed by atoms with Gasteiger partial charge in [0, 0.05) is 5.69 Å². The summed E-state index contributed by atoms with van der Waals surface area (Å²) in [7, 11) is 0. The number of β-amino-alcohol motifs (C(OH)–C–C–N with tert-alkyl or cyclic N) is 1. The monoisotopic (exact) mass is 247 g/mol. The fourth-order valence-corrected chi connectivity index (χ4v) is 1.99. The molecule has 1 atom stereocenters. The van der Waals surface area contributed by atoms with Crippen molar-refractivity contribution in [2.24, 2.45) is 5.10 Å². The molecule has 4 heteroatoms. The van der Waals surface area contributed by atoms with Crippen LogP contribution in [0.2, 0.25) is 0 Å². The molecule has 0 saturated heterocycles. The Balaban J connectivity index is 1.99. The molecule has 1 heterocycles. The minimum absolute atomic E-state index is 0.356. The van der Waals surface area contributed by atoms with E-state index in [0.29, 0.717) is 19.1 Å². The molecule has 0 unspecified atom stereocenters. The lowest BCUT2D eigenvalue weighted by Crippen LogP contribution is -2.31. The van der Waals surface area contributed by atoms with Gasteiger partial charge in [0.05, 0.1) is 12.6 Å². The summed E-state index contributed by atoms with van der Waals surface area (Å²) in [6.07, 6.45) is 1.46. The van der Waals surface area contributed by atoms with E-state index in [9.17, 15) is 5.11 Å². The minimum atomic E-state index is -0.356. The summed E-state index contributed by atoms with van der Waals surface area (Å²) in [6.45, 7) is 7.42. The number of nitrogens with zero attached hydrogens (tertiary/aromatic N) is 3. The molecule has 0 fully saturated rings. The van der Waals surface area contributed by atoms with Gasteiger partial charge in [0.25, 0.3) is 0 Å². The molecule has 4 nitrogen and oxygen atoms in total. The number of benzene rings is 1. The van der Waals surface area contributed by atoms with Gasteiger partial charge in [-0.2, -0.15) is 5.10 Å². The zero-order valence-electron chi connectivity index (χ0n) is 11.2. The SMILES string of the molecule is CC(C)c1ccc(N2C=NN(C[C@@H](C)O)C2)cc1. The zero-order chi connectivity index (χ0) is 13.1. The summed E-state index contributed by atoms with van der Waals surface area (Å²) < 4.78 is 0. The third kappa shape index (κ3) is 3.01. The molecule has 1 aromatic carbocycles. The molecule has 0 spiro atoms. The number of rotatable bonds is 4. The molecule has 1 aliphatic rings. The zero-order valence-corrected chi connectivity index (χ0v) is 11.2. The van der Waals surface area contributed by atoms with Gasteiger partial charge in [0.2, 0.25) is 0 Å². The molecular formula is C14H21N3O. The van der Waals surface area contributed by atoms with Crippen LogP contribution in [0, 0.1) is 0 Å². The molecule has 1 aliphatic heterocycles. The van der Waals surface area contributed by atoms with Crippen LogP contribution < -0.4 is 4.90 Å². The Labute approximate surface area is 109 Å². The number of aliphatic hydroxyl groups excluding tert-OH is 1. The van der Waals surface area contributed by atoms with E-state index in [2.05, 4.69) is 48.1 Å². The predicted octanol–water partition coefficient (Wildman–Crippen LogP) is 2.21. The van der Waals surface area contributed by atoms with Gasteiger partial charge >= 0.3 is 0 Å². The molecule has 18 heavy (non-hydrogen) atoms. The van der Waals surface area contributed by atoms with E-state index in [0.717, 1.165) is 5.69 Å². The van der Waals surface area contributed by atoms with Gasteiger partial charge in [0.1, 0.15) is 13.0 Å². The Morgan fingerprint density at radius 2 is 1.89 bits per heavy atom. The Hall–Kier alpha value is -1.55. The highest BCUT2D eigenvalue weighted by Crippen LogP contribution is 2.21. The highest BCUT2D eigenvalue weighted by atomic mass is 16.3. The van der Waals surface area contributed by atoms with Crippen LogP contribution in [0.1, 0.15) is 32.3 Å². The maximum Gasteiger partial charge on any atom is 0.117 e. The van der Waals surface area contributed by atoms with Crippen molar-refractivity contribution in [2.75, 3.05) is 18.1 Å². The number of aliphatic hydroxyl groups is 1. The van der Waals surface area contributed by atoms with Gasteiger partial charge in [-0.25, -0.2) is 0 Å². The van der Waals surface area contributed by atoms with E-state index < -0.39 is 0 Å². The van der Waals surface area contributed by atoms with Crippen molar-refractivity contribution >= 4 is 12.0 Å². The second-order valence-corrected chi connectivity index (χ2v) is 5.13. The number of hydrazone groups is 1. The van der Waals surface area contributed by atoms with Crippen LogP contribution in [-0.2, 0) is 0 Å². The van der Waals surface area contributed by atoms with Gasteiger partial charge in [-0.15, -0.1) is 0 Å². The van der Waals surface area contributed by atoms with Crippen molar-refractivity contribution in [1.29, 1.82) is 0 Å². The summed E-state index contributed by atoms with van der Waals surface area (Å²) in [5.41, 5.74) is 2.48. The summed E-state index contributed by atoms with van der Waals surface area (Å²) >= 11 is 0. The summed E-state index contributed by atoms with van der Waals surface area (Å²) in [6, 6.07) is 8.55. The summed E-state index contributed by atoms with van der Waals surface area (Å²) in [5.74, 6) is 0.554. The van der Waals surface area contributed by atoms with Crippen molar-refractivity contribution in [1.82, 2.24) is 5.01 Å². The summed E-state index contributed by atoms with van der Waals surface area (Å²) in [4.78, 5) is 2.08. The van der Waals surface area contributed by atoms with E-state index in [1.807, 2.05) is 11.3 Å². The standard InChI is InChI=1S/C14H21N3O/c1-11(2)13-4-6-14(7-5-13)16-9-15-17(10-16)8-12(3)18/h4-7,9,11-12,18H,8,10H2,1-3H3/t12-/m1/s1. The number of anilines is 1. The van der Waals surface area contributed by atoms with Crippen LogP contribution in [0.5, 0.6) is 0 Å². The van der Waals surface area contributed by atoms with Crippen LogP contribution in [-0.4, -0.2) is 35.8 Å². The molecule has 98 valence electrons. The Morgan fingerprint density at radius 1 is 1.22 bits per heavy atom. The minimum Gasteiger partial charge on any atom is -0.392 e. The normalized spacial score (nSPS) is 16.7. The van der Waals surface area contributed by atoms with Gasteiger partial charge in [-0.1, -0.05) is 26.0 Å². The lowest BCUT2D eigenvalue weighted by Gasteiger charge is -2.20. The van der Waals surface area contributed by atoms with E-state index in [4.69, 9.17) is 0 Å². The van der Waals surface area contributed by atoms with Gasteiger partial charge in [-0.3, -0.25) is 5.01 Å². The molecule has 2 rings (SSSR count). The van der Waals surface area contributed by atoms with Crippen molar-refractivity contribution in [3.63, 3.8) is 0 Å². The van der Waals surface area contributed by atoms with Crippen LogP contribution in [0.15, 0.2) is 29.4 Å². The lowest BCUT2D eigenvalue weighted by molar-refractivity contribution is 0.136. The van der Waals surface area contributed by atoms with Crippen molar-refractivity contribution in [3.8, 4) is 0 Å². The molecule has 1 N–H and O–H groups in total. The fourth-order valence-electron chi connectivity index (χ4n) is 1.99. The Morgan fingerprint density at radius 3 is 2.44 bits per heavy atom. The predicted molar refractivity (Wildman–Crippen MR) is 74.8 cm³/mol. The molecule has 0 amide bonds. The number of hydrogen-bond donors (Lipinski definition) is 1. The van der Waals surface area contributed by atoms with Crippen molar-refractivity contribution in [3.05, 3.63) is 29.8 Å². The van der Waals surface area contributed by atoms with Crippen LogP contribution in [0.4, 0.5) is 5.69 Å². The summed E-state index contributed by atoms with van der Waals surface area (Å²) in [5, 5.41) is 15.5. The average molecular weight is 247 g/mol. The Kier molecular flexibility index (Phi) is 3.87. The van der Waals surface area contributed by atoms with Crippen LogP contribution >= 0.6 is 0 Å². The smallest absolute Gasteiger partial charge is 0.117 e. The molecule has 1 aromatic rings. The average Bonchev–Trinajstić information content (AvgIpc) is 2.76. The molecule has 0 aliphatic carbocycles. The second-order valence-electron chi connectivity index (χ2n) is 5.13. The van der Waals surface area contributed by atoms with Crippen molar-refractivity contribution < 1.29 is 5.11 Å². The first-order valence-electron chi connectivity index (χ1n) is 6.40. The van der Waals surface area contributed by atoms with Crippen LogP contribution in [0.3, 0.4) is 0 Å². The quantitative estimate of drug-likeness (QED) is 0.886. The van der Waals surface area contributed by atoms with Gasteiger partial charge in [0.15, 0.2) is 0 Å². The highest BCUT2D eigenvalue weighted by molar-refractivity contribution is 5.80. The van der Waals surface area contributed by atoms with Crippen LogP contribution in [0.25, 0.3) is 0 Å². The molecule has 0 saturated carbocycles. The van der Waals surface area contributed by atoms with E-state index in [1.54, 1.807) is 6.92 Å². The van der Waals surface area contributed by atoms with Gasteiger partial charge in [-0.05, 0) is 30.5 Å². The lowest BCUT2D eigenvalue weighted by atomic mass is 10.0. The third-order valence-corrected chi connectivity index (χ3v) is 3.04.